The van der Waals surface area contributed by atoms with Crippen molar-refractivity contribution in [3.8, 4) is 0 Å². The van der Waals surface area contributed by atoms with Crippen molar-refractivity contribution in [3.05, 3.63) is 98.7 Å². The minimum absolute atomic E-state index is 0.0580. The third-order valence-corrected chi connectivity index (χ3v) is 4.27. The molecule has 7 heteroatoms. The van der Waals surface area contributed by atoms with Crippen molar-refractivity contribution in [1.82, 2.24) is 14.9 Å². The molecule has 0 aliphatic heterocycles. The van der Waals surface area contributed by atoms with Crippen molar-refractivity contribution >= 4 is 23.9 Å². The monoisotopic (exact) mass is 379 g/mol. The number of hydrogen-bond acceptors (Lipinski definition) is 4. The van der Waals surface area contributed by atoms with E-state index in [0.717, 1.165) is 4.57 Å². The summed E-state index contributed by atoms with van der Waals surface area (Å²) in [5.74, 6) is -0.919. The number of carbonyl (C=O) groups is 2. The summed E-state index contributed by atoms with van der Waals surface area (Å²) in [7, 11) is 0. The fraction of sp³-hybridized carbons (Fsp3) is 0.100. The zero-order valence-electron chi connectivity index (χ0n) is 14.5. The van der Waals surface area contributed by atoms with Gasteiger partial charge in [-0.2, -0.15) is 0 Å². The summed E-state index contributed by atoms with van der Waals surface area (Å²) in [6, 6.07) is 18.2. The molecule has 1 amide bonds. The number of aromatic nitrogens is 2. The van der Waals surface area contributed by atoms with Crippen LogP contribution in [0.25, 0.3) is 0 Å². The van der Waals surface area contributed by atoms with E-state index in [1.807, 2.05) is 0 Å². The topological polar surface area (TPSA) is 84.0 Å². The quantitative estimate of drug-likeness (QED) is 0.527. The van der Waals surface area contributed by atoms with Gasteiger partial charge in [0.25, 0.3) is 11.5 Å². The molecule has 1 atom stereocenters. The molecule has 0 radical (unpaired) electrons. The van der Waals surface area contributed by atoms with Crippen molar-refractivity contribution in [2.24, 2.45) is 0 Å². The van der Waals surface area contributed by atoms with Gasteiger partial charge in [0.1, 0.15) is 0 Å². The Hall–Kier alpha value is -3.32. The van der Waals surface area contributed by atoms with Crippen LogP contribution in [0.1, 0.15) is 32.6 Å². The molecule has 0 unspecified atom stereocenters. The van der Waals surface area contributed by atoms with Gasteiger partial charge in [0.2, 0.25) is 5.78 Å². The van der Waals surface area contributed by atoms with Gasteiger partial charge in [-0.15, -0.1) is 0 Å². The average Bonchev–Trinajstić information content (AvgIpc) is 2.67. The maximum absolute atomic E-state index is 13.1. The molecular formula is C20H17N3O3S. The van der Waals surface area contributed by atoms with Crippen molar-refractivity contribution in [2.75, 3.05) is 0 Å². The number of aromatic amines is 1. The summed E-state index contributed by atoms with van der Waals surface area (Å²) in [5, 5.41) is 2.64. The van der Waals surface area contributed by atoms with E-state index in [1.54, 1.807) is 67.6 Å². The summed E-state index contributed by atoms with van der Waals surface area (Å²) in [6.45, 7) is 1.69. The number of nitrogens with zero attached hydrogens (tertiary/aromatic N) is 1. The minimum atomic E-state index is -1.27. The lowest BCUT2D eigenvalue weighted by Crippen LogP contribution is -2.43. The number of benzene rings is 2. The first kappa shape index (κ1) is 18.5. The van der Waals surface area contributed by atoms with E-state index in [2.05, 4.69) is 10.3 Å². The largest absolute Gasteiger partial charge is 0.336 e. The summed E-state index contributed by atoms with van der Waals surface area (Å²) in [6.07, 6.45) is -1.27. The predicted octanol–water partition coefficient (Wildman–Crippen LogP) is 3.03. The number of H-pyrrole nitrogens is 1. The normalized spacial score (nSPS) is 11.6. The Morgan fingerprint density at radius 3 is 2.11 bits per heavy atom. The highest BCUT2D eigenvalue weighted by atomic mass is 32.1. The lowest BCUT2D eigenvalue weighted by molar-refractivity contribution is 0.0811. The third kappa shape index (κ3) is 4.09. The van der Waals surface area contributed by atoms with Gasteiger partial charge < -0.3 is 10.3 Å². The standard InChI is InChI=1S/C20H17N3O3S/c1-13-12-16(24)23(20(27)21-13)18(17(25)14-8-4-2-5-9-14)22-19(26)15-10-6-3-7-11-15/h2-12,18H,1H3,(H,21,27)(H,22,26)/t18-/m0/s1. The van der Waals surface area contributed by atoms with Crippen molar-refractivity contribution in [3.63, 3.8) is 0 Å². The van der Waals surface area contributed by atoms with E-state index in [-0.39, 0.29) is 4.77 Å². The molecule has 3 aromatic rings. The van der Waals surface area contributed by atoms with Crippen LogP contribution in [-0.4, -0.2) is 21.2 Å². The van der Waals surface area contributed by atoms with Crippen LogP contribution < -0.4 is 10.9 Å². The van der Waals surface area contributed by atoms with Crippen LogP contribution in [0.3, 0.4) is 0 Å². The van der Waals surface area contributed by atoms with E-state index >= 15 is 0 Å². The smallest absolute Gasteiger partial charge is 0.256 e. The average molecular weight is 379 g/mol. The van der Waals surface area contributed by atoms with Gasteiger partial charge in [0.05, 0.1) is 0 Å². The number of carbonyl (C=O) groups excluding carboxylic acids is 2. The van der Waals surface area contributed by atoms with Crippen LogP contribution in [0.2, 0.25) is 0 Å². The second kappa shape index (κ2) is 7.92. The van der Waals surface area contributed by atoms with Gasteiger partial charge in [-0.05, 0) is 31.3 Å². The molecule has 6 nitrogen and oxygen atoms in total. The molecule has 1 heterocycles. The van der Waals surface area contributed by atoms with Gasteiger partial charge in [0, 0.05) is 22.9 Å². The number of nitrogens with one attached hydrogen (secondary N) is 2. The maximum Gasteiger partial charge on any atom is 0.256 e. The Labute approximate surface area is 160 Å². The molecule has 0 bridgehead atoms. The number of ketones is 1. The molecule has 1 aromatic heterocycles. The SMILES string of the molecule is Cc1cc(=O)n([C@H](NC(=O)c2ccccc2)C(=O)c2ccccc2)c(=S)[nH]1. The molecular weight excluding hydrogens is 362 g/mol. The van der Waals surface area contributed by atoms with Crippen LogP contribution in [0.15, 0.2) is 71.5 Å². The van der Waals surface area contributed by atoms with Crippen LogP contribution in [0, 0.1) is 11.7 Å². The number of Topliss-reactive ketones (excluding diaryl/α,β-unsaturated/α-hetero) is 1. The molecule has 2 N–H and O–H groups in total. The van der Waals surface area contributed by atoms with Gasteiger partial charge in [-0.25, -0.2) is 0 Å². The molecule has 27 heavy (non-hydrogen) atoms. The first-order valence-electron chi connectivity index (χ1n) is 8.25. The zero-order chi connectivity index (χ0) is 19.4. The molecule has 3 rings (SSSR count). The minimum Gasteiger partial charge on any atom is -0.336 e. The molecule has 0 aliphatic carbocycles. The van der Waals surface area contributed by atoms with Gasteiger partial charge in [-0.1, -0.05) is 48.5 Å². The van der Waals surface area contributed by atoms with Gasteiger partial charge in [-0.3, -0.25) is 19.0 Å². The Bertz CT molecular complexity index is 1060. The Morgan fingerprint density at radius 1 is 1.00 bits per heavy atom. The van der Waals surface area contributed by atoms with Gasteiger partial charge >= 0.3 is 0 Å². The zero-order valence-corrected chi connectivity index (χ0v) is 15.3. The summed E-state index contributed by atoms with van der Waals surface area (Å²) >= 11 is 5.25. The number of amides is 1. The van der Waals surface area contributed by atoms with E-state index in [4.69, 9.17) is 12.2 Å². The molecule has 0 aliphatic rings. The molecule has 0 saturated carbocycles. The fourth-order valence-corrected chi connectivity index (χ4v) is 3.03. The summed E-state index contributed by atoms with van der Waals surface area (Å²) in [4.78, 5) is 41.1. The van der Waals surface area contributed by atoms with Crippen LogP contribution in [-0.2, 0) is 0 Å². The van der Waals surface area contributed by atoms with E-state index in [1.165, 1.54) is 6.07 Å². The molecule has 0 fully saturated rings. The third-order valence-electron chi connectivity index (χ3n) is 3.97. The fourth-order valence-electron chi connectivity index (χ4n) is 2.67. The Morgan fingerprint density at radius 2 is 1.56 bits per heavy atom. The molecule has 0 spiro atoms. The van der Waals surface area contributed by atoms with E-state index in [0.29, 0.717) is 16.8 Å². The highest BCUT2D eigenvalue weighted by Crippen LogP contribution is 2.13. The molecule has 2 aromatic carbocycles. The Balaban J connectivity index is 2.07. The van der Waals surface area contributed by atoms with Gasteiger partial charge in [0.15, 0.2) is 10.9 Å². The van der Waals surface area contributed by atoms with Crippen molar-refractivity contribution < 1.29 is 9.59 Å². The highest BCUT2D eigenvalue weighted by Gasteiger charge is 2.26. The van der Waals surface area contributed by atoms with Crippen LogP contribution in [0.4, 0.5) is 0 Å². The predicted molar refractivity (Wildman–Crippen MR) is 104 cm³/mol. The first-order valence-corrected chi connectivity index (χ1v) is 8.66. The number of hydrogen-bond donors (Lipinski definition) is 2. The van der Waals surface area contributed by atoms with Crippen molar-refractivity contribution in [2.45, 2.75) is 13.1 Å². The van der Waals surface area contributed by atoms with Crippen LogP contribution in [0.5, 0.6) is 0 Å². The summed E-state index contributed by atoms with van der Waals surface area (Å²) in [5.41, 5.74) is 0.830. The number of aryl methyl sites for hydroxylation is 1. The second-order valence-corrected chi connectivity index (χ2v) is 6.32. The van der Waals surface area contributed by atoms with Crippen LogP contribution >= 0.6 is 12.2 Å². The number of rotatable bonds is 5. The Kier molecular flexibility index (Phi) is 5.42. The lowest BCUT2D eigenvalue weighted by atomic mass is 10.1. The highest BCUT2D eigenvalue weighted by molar-refractivity contribution is 7.71. The lowest BCUT2D eigenvalue weighted by Gasteiger charge is -2.20. The van der Waals surface area contributed by atoms with E-state index in [9.17, 15) is 14.4 Å². The molecule has 136 valence electrons. The van der Waals surface area contributed by atoms with Crippen molar-refractivity contribution in [1.29, 1.82) is 0 Å². The molecule has 0 saturated heterocycles. The summed E-state index contributed by atoms with van der Waals surface area (Å²) < 4.78 is 1.14. The second-order valence-electron chi connectivity index (χ2n) is 5.94. The maximum atomic E-state index is 13.1. The van der Waals surface area contributed by atoms with E-state index < -0.39 is 23.4 Å². The first-order chi connectivity index (χ1) is 13.0.